The van der Waals surface area contributed by atoms with Crippen molar-refractivity contribution in [3.63, 3.8) is 0 Å². The molecule has 0 atom stereocenters. The van der Waals surface area contributed by atoms with Gasteiger partial charge in [-0.1, -0.05) is 72.8 Å². The average molecular weight is 1100 g/mol. The normalized spacial score (nSPS) is 12.2. The van der Waals surface area contributed by atoms with Crippen LogP contribution >= 0.6 is 0 Å². The number of rotatable bonds is 8. The van der Waals surface area contributed by atoms with Crippen molar-refractivity contribution in [3.05, 3.63) is 168 Å². The fraction of sp³-hybridized carbons (Fsp3) is 0.0769. The number of pyridine rings is 4. The molecule has 0 unspecified atom stereocenters. The van der Waals surface area contributed by atoms with E-state index in [1.807, 2.05) is 76.2 Å². The topological polar surface area (TPSA) is 280 Å². The molecule has 21 heteroatoms. The van der Waals surface area contributed by atoms with Gasteiger partial charge in [0.25, 0.3) is 0 Å². The number of hydrogen-bond acceptors (Lipinski definition) is 16. The third-order valence-electron chi connectivity index (χ3n) is 11.8. The van der Waals surface area contributed by atoms with Crippen LogP contribution in [0.15, 0.2) is 165 Å². The minimum absolute atomic E-state index is 0. The summed E-state index contributed by atoms with van der Waals surface area (Å²) in [6.07, 6.45) is 0. The summed E-state index contributed by atoms with van der Waals surface area (Å²) < 4.78 is 137. The Morgan fingerprint density at radius 3 is 0.795 bits per heavy atom. The van der Waals surface area contributed by atoms with Crippen molar-refractivity contribution in [3.8, 4) is 44.5 Å². The quantitative estimate of drug-likeness (QED) is 0.0779. The molecule has 73 heavy (non-hydrogen) atoms. The van der Waals surface area contributed by atoms with Crippen LogP contribution in [-0.2, 0) is 57.5 Å². The Labute approximate surface area is 430 Å². The second kappa shape index (κ2) is 19.5. The van der Waals surface area contributed by atoms with E-state index in [0.29, 0.717) is 78.2 Å². The Morgan fingerprint density at radius 1 is 0.301 bits per heavy atom. The second-order valence-corrected chi connectivity index (χ2v) is 22.4. The number of benzene rings is 6. The van der Waals surface area contributed by atoms with E-state index in [-0.39, 0.29) is 36.7 Å². The summed E-state index contributed by atoms with van der Waals surface area (Å²) in [6.45, 7) is 7.29. The van der Waals surface area contributed by atoms with Gasteiger partial charge in [0.05, 0.1) is 41.6 Å². The first-order valence-corrected chi connectivity index (χ1v) is 27.2. The summed E-state index contributed by atoms with van der Waals surface area (Å²) >= 11 is 0. The molecule has 0 bridgehead atoms. The zero-order valence-corrected chi connectivity index (χ0v) is 42.7. The minimum Gasteiger partial charge on any atom is -0.744 e. The molecule has 0 saturated carbocycles. The van der Waals surface area contributed by atoms with Crippen molar-refractivity contribution in [2.75, 3.05) is 0 Å². The van der Waals surface area contributed by atoms with Crippen LogP contribution < -0.4 is 0 Å². The standard InChI is InChI=1S/2C26H20N2O6S2.Cu/c2*1-15-12-23(17-6-8-19(9-7-17)35(29,30)31)21-10-11-22-24(13-16(2)28-26(22)25(21)27-15)18-4-3-5-20(14-18)36(32,33)34;/h2*3-14H,1-2H3,(H,29,30,31)(H,32,33,34);/q;;+1/p-4. The largest absolute Gasteiger partial charge is 1.00 e. The maximum Gasteiger partial charge on any atom is 1.00 e. The van der Waals surface area contributed by atoms with Crippen LogP contribution in [0, 0.1) is 27.7 Å². The number of aryl methyl sites for hydroxylation is 4. The van der Waals surface area contributed by atoms with E-state index in [9.17, 15) is 51.9 Å². The summed E-state index contributed by atoms with van der Waals surface area (Å²) in [6, 6.07) is 38.0. The van der Waals surface area contributed by atoms with Gasteiger partial charge in [-0.2, -0.15) is 0 Å². The third-order valence-corrected chi connectivity index (χ3v) is 15.2. The van der Waals surface area contributed by atoms with E-state index in [0.717, 1.165) is 32.7 Å². The van der Waals surface area contributed by atoms with Gasteiger partial charge < -0.3 is 18.2 Å². The fourth-order valence-electron chi connectivity index (χ4n) is 8.66. The van der Waals surface area contributed by atoms with Crippen molar-refractivity contribution in [1.82, 2.24) is 19.9 Å². The van der Waals surface area contributed by atoms with E-state index in [1.165, 1.54) is 60.7 Å². The molecule has 16 nitrogen and oxygen atoms in total. The Hall–Kier alpha value is -6.88. The number of hydrogen-bond donors (Lipinski definition) is 0. The number of fused-ring (bicyclic) bond motifs is 6. The minimum atomic E-state index is -4.62. The fourth-order valence-corrected chi connectivity index (χ4v) is 10.6. The maximum absolute atomic E-state index is 11.6. The molecule has 0 amide bonds. The second-order valence-electron chi connectivity index (χ2n) is 16.9. The molecule has 10 aromatic rings. The maximum atomic E-state index is 11.6. The van der Waals surface area contributed by atoms with Crippen LogP contribution in [0.1, 0.15) is 22.8 Å². The van der Waals surface area contributed by atoms with Crippen LogP contribution in [0.2, 0.25) is 0 Å². The average Bonchev–Trinajstić information content (AvgIpc) is 3.32. The summed E-state index contributed by atoms with van der Waals surface area (Å²) in [5.41, 5.74) is 10.7. The Balaban J connectivity index is 0.000000192. The van der Waals surface area contributed by atoms with Gasteiger partial charge >= 0.3 is 17.1 Å². The molecule has 4 aromatic heterocycles. The van der Waals surface area contributed by atoms with Crippen molar-refractivity contribution >= 4 is 84.1 Å². The van der Waals surface area contributed by atoms with Gasteiger partial charge in [0.2, 0.25) is 0 Å². The van der Waals surface area contributed by atoms with Crippen molar-refractivity contribution in [2.24, 2.45) is 0 Å². The van der Waals surface area contributed by atoms with E-state index < -0.39 is 40.5 Å². The monoisotopic (exact) mass is 1100 g/mol. The molecule has 0 saturated heterocycles. The van der Waals surface area contributed by atoms with Crippen molar-refractivity contribution < 1.29 is 69.0 Å². The predicted molar refractivity (Wildman–Crippen MR) is 267 cm³/mol. The molecule has 4 heterocycles. The molecule has 0 fully saturated rings. The zero-order valence-electron chi connectivity index (χ0n) is 38.5. The molecular weight excluding hydrogens is 1060 g/mol. The first-order valence-electron chi connectivity index (χ1n) is 21.5. The number of aromatic nitrogens is 4. The van der Waals surface area contributed by atoms with Gasteiger partial charge in [-0.3, -0.25) is 19.9 Å². The van der Waals surface area contributed by atoms with E-state index in [2.05, 4.69) is 0 Å². The van der Waals surface area contributed by atoms with E-state index in [4.69, 9.17) is 19.9 Å². The third kappa shape index (κ3) is 10.8. The van der Waals surface area contributed by atoms with E-state index in [1.54, 1.807) is 36.4 Å². The smallest absolute Gasteiger partial charge is 0.744 e. The summed E-state index contributed by atoms with van der Waals surface area (Å²) in [5, 5.41) is 2.99. The van der Waals surface area contributed by atoms with Crippen LogP contribution in [0.4, 0.5) is 0 Å². The first kappa shape index (κ1) is 52.4. The summed E-state index contributed by atoms with van der Waals surface area (Å²) in [5.74, 6) is 0. The molecule has 0 spiro atoms. The zero-order chi connectivity index (χ0) is 51.7. The molecule has 0 radical (unpaired) electrons. The molecule has 0 aliphatic rings. The van der Waals surface area contributed by atoms with Crippen molar-refractivity contribution in [2.45, 2.75) is 47.3 Å². The molecular formula is C52H36CuN4O12S4-3. The van der Waals surface area contributed by atoms with Gasteiger partial charge in [-0.25, -0.2) is 33.7 Å². The Kier molecular flexibility index (Phi) is 14.0. The van der Waals surface area contributed by atoms with Gasteiger partial charge in [0, 0.05) is 44.3 Å². The predicted octanol–water partition coefficient (Wildman–Crippen LogP) is 9.08. The summed E-state index contributed by atoms with van der Waals surface area (Å²) in [4.78, 5) is 17.6. The number of nitrogens with zero attached hydrogens (tertiary/aromatic N) is 4. The Bertz CT molecular complexity index is 4090. The van der Waals surface area contributed by atoms with Crippen LogP contribution in [-0.4, -0.2) is 71.8 Å². The summed E-state index contributed by atoms with van der Waals surface area (Å²) in [7, 11) is -18.4. The molecule has 0 N–H and O–H groups in total. The first-order chi connectivity index (χ1) is 33.8. The van der Waals surface area contributed by atoms with Gasteiger partial charge in [-0.15, -0.1) is 0 Å². The Morgan fingerprint density at radius 2 is 0.548 bits per heavy atom. The molecule has 0 aliphatic heterocycles. The molecule has 0 aliphatic carbocycles. The van der Waals surface area contributed by atoms with Gasteiger partial charge in [0.1, 0.15) is 40.5 Å². The van der Waals surface area contributed by atoms with E-state index >= 15 is 0 Å². The van der Waals surface area contributed by atoms with Crippen LogP contribution in [0.3, 0.4) is 0 Å². The molecule has 374 valence electrons. The van der Waals surface area contributed by atoms with Crippen molar-refractivity contribution in [1.29, 1.82) is 0 Å². The van der Waals surface area contributed by atoms with Crippen LogP contribution in [0.5, 0.6) is 0 Å². The molecule has 6 aromatic carbocycles. The van der Waals surface area contributed by atoms with Crippen LogP contribution in [0.25, 0.3) is 88.1 Å². The van der Waals surface area contributed by atoms with Gasteiger partial charge in [0.15, 0.2) is 0 Å². The van der Waals surface area contributed by atoms with Gasteiger partial charge in [-0.05, 0) is 145 Å². The molecule has 10 rings (SSSR count). The SMILES string of the molecule is Cc1cc(-c2ccc(S(=O)(=O)[O-])cc2)c2ccc3c(-c4cccc(S(=O)(=O)[O-])c4)cc(C)nc3c2n1.Cc1cc(-c2ccc(S(=O)(=O)[O-])cc2)c2ccc3c(-c4cccc(S(=O)(=O)[O-])c4)cc(C)nc3c2n1.[Cu+].